The van der Waals surface area contributed by atoms with Gasteiger partial charge in [-0.3, -0.25) is 0 Å². The summed E-state index contributed by atoms with van der Waals surface area (Å²) in [6.45, 7) is 2.16. The molecule has 0 radical (unpaired) electrons. The molecule has 0 spiro atoms. The second kappa shape index (κ2) is 6.45. The van der Waals surface area contributed by atoms with Crippen LogP contribution in [0, 0.1) is 0 Å². The highest BCUT2D eigenvalue weighted by Gasteiger charge is 2.19. The van der Waals surface area contributed by atoms with Gasteiger partial charge in [0.25, 0.3) is 0 Å². The summed E-state index contributed by atoms with van der Waals surface area (Å²) in [4.78, 5) is 2.32. The monoisotopic (exact) mass is 267 g/mol. The normalized spacial score (nSPS) is 18.9. The number of nitrogens with zero attached hydrogens (tertiary/aromatic N) is 1. The van der Waals surface area contributed by atoms with Gasteiger partial charge in [-0.1, -0.05) is 12.1 Å². The van der Waals surface area contributed by atoms with Gasteiger partial charge in [0.1, 0.15) is 6.10 Å². The second-order valence-corrected chi connectivity index (χ2v) is 5.26. The van der Waals surface area contributed by atoms with Gasteiger partial charge in [0.2, 0.25) is 0 Å². The van der Waals surface area contributed by atoms with Crippen LogP contribution in [-0.4, -0.2) is 35.2 Å². The third-order valence-corrected chi connectivity index (χ3v) is 3.73. The maximum Gasteiger partial charge on any atom is 0.105 e. The van der Waals surface area contributed by atoms with Crippen LogP contribution in [0.3, 0.4) is 0 Å². The van der Waals surface area contributed by atoms with E-state index in [0.29, 0.717) is 12.2 Å². The van der Waals surface area contributed by atoms with E-state index >= 15 is 0 Å². The van der Waals surface area contributed by atoms with E-state index in [-0.39, 0.29) is 0 Å². The van der Waals surface area contributed by atoms with Crippen LogP contribution in [0.1, 0.15) is 30.9 Å². The number of hydrogen-bond donors (Lipinski definition) is 3. The van der Waals surface area contributed by atoms with Crippen molar-refractivity contribution < 1.29 is 10.2 Å². The van der Waals surface area contributed by atoms with Crippen molar-refractivity contribution in [2.45, 2.75) is 31.5 Å². The lowest BCUT2D eigenvalue weighted by molar-refractivity contribution is 0.0172. The number of thiol groups is 1. The molecule has 1 aromatic rings. The van der Waals surface area contributed by atoms with Crippen molar-refractivity contribution in [3.63, 3.8) is 0 Å². The Balaban J connectivity index is 2.10. The quantitative estimate of drug-likeness (QED) is 0.715. The molecule has 0 bridgehead atoms. The smallest absolute Gasteiger partial charge is 0.105 e. The fourth-order valence-corrected chi connectivity index (χ4v) is 2.66. The minimum Gasteiger partial charge on any atom is -0.390 e. The Bertz CT molecular complexity index is 380. The first-order valence-corrected chi connectivity index (χ1v) is 7.17. The van der Waals surface area contributed by atoms with Crippen LogP contribution in [0.5, 0.6) is 0 Å². The van der Waals surface area contributed by atoms with E-state index in [1.165, 1.54) is 12.8 Å². The molecule has 1 aromatic carbocycles. The van der Waals surface area contributed by atoms with Crippen molar-refractivity contribution in [1.29, 1.82) is 0 Å². The molecule has 1 saturated heterocycles. The summed E-state index contributed by atoms with van der Waals surface area (Å²) >= 11 is 4.08. The van der Waals surface area contributed by atoms with E-state index < -0.39 is 12.2 Å². The summed E-state index contributed by atoms with van der Waals surface area (Å²) in [6, 6.07) is 7.86. The molecule has 0 saturated carbocycles. The molecular formula is C14H21NO2S. The van der Waals surface area contributed by atoms with Gasteiger partial charge >= 0.3 is 0 Å². The molecule has 0 aromatic heterocycles. The Kier molecular flexibility index (Phi) is 4.92. The molecule has 0 aliphatic carbocycles. The van der Waals surface area contributed by atoms with Crippen LogP contribution in [0.4, 0.5) is 5.69 Å². The Morgan fingerprint density at radius 2 is 1.94 bits per heavy atom. The maximum atomic E-state index is 10.1. The van der Waals surface area contributed by atoms with E-state index in [1.54, 1.807) is 0 Å². The standard InChI is InChI=1S/C14H21NO2S/c16-13(6-9-18)14(17)11-4-3-5-12(10-11)15-7-1-2-8-15/h3-5,10,13-14,16-18H,1-2,6-9H2. The van der Waals surface area contributed by atoms with Crippen molar-refractivity contribution in [1.82, 2.24) is 0 Å². The molecule has 4 heteroatoms. The molecule has 1 fully saturated rings. The van der Waals surface area contributed by atoms with E-state index in [4.69, 9.17) is 0 Å². The maximum absolute atomic E-state index is 10.1. The van der Waals surface area contributed by atoms with Crippen molar-refractivity contribution >= 4 is 18.3 Å². The zero-order chi connectivity index (χ0) is 13.0. The van der Waals surface area contributed by atoms with Crippen LogP contribution in [0.2, 0.25) is 0 Å². The van der Waals surface area contributed by atoms with Gasteiger partial charge in [-0.2, -0.15) is 12.6 Å². The lowest BCUT2D eigenvalue weighted by Crippen LogP contribution is -2.20. The van der Waals surface area contributed by atoms with E-state index in [1.807, 2.05) is 18.2 Å². The first kappa shape index (κ1) is 13.7. The molecule has 2 N–H and O–H groups in total. The first-order valence-electron chi connectivity index (χ1n) is 6.54. The number of rotatable bonds is 5. The fourth-order valence-electron chi connectivity index (χ4n) is 2.39. The summed E-state index contributed by atoms with van der Waals surface area (Å²) < 4.78 is 0. The average molecular weight is 267 g/mol. The highest BCUT2D eigenvalue weighted by Crippen LogP contribution is 2.26. The third kappa shape index (κ3) is 3.19. The van der Waals surface area contributed by atoms with Gasteiger partial charge in [0.15, 0.2) is 0 Å². The molecule has 2 rings (SSSR count). The van der Waals surface area contributed by atoms with Gasteiger partial charge < -0.3 is 15.1 Å². The lowest BCUT2D eigenvalue weighted by Gasteiger charge is -2.21. The molecule has 2 unspecified atom stereocenters. The van der Waals surface area contributed by atoms with Gasteiger partial charge in [-0.05, 0) is 42.7 Å². The minimum absolute atomic E-state index is 0.498. The average Bonchev–Trinajstić information content (AvgIpc) is 2.92. The van der Waals surface area contributed by atoms with Crippen LogP contribution in [0.15, 0.2) is 24.3 Å². The van der Waals surface area contributed by atoms with E-state index in [9.17, 15) is 10.2 Å². The molecule has 3 nitrogen and oxygen atoms in total. The predicted molar refractivity (Wildman–Crippen MR) is 77.3 cm³/mol. The number of aliphatic hydroxyl groups excluding tert-OH is 2. The second-order valence-electron chi connectivity index (χ2n) is 4.81. The van der Waals surface area contributed by atoms with Crippen molar-refractivity contribution in [3.8, 4) is 0 Å². The summed E-state index contributed by atoms with van der Waals surface area (Å²) in [5.41, 5.74) is 1.93. The number of aliphatic hydroxyl groups is 2. The van der Waals surface area contributed by atoms with Crippen LogP contribution in [0.25, 0.3) is 0 Å². The molecule has 18 heavy (non-hydrogen) atoms. The molecule has 0 amide bonds. The molecule has 1 aliphatic heterocycles. The van der Waals surface area contributed by atoms with E-state index in [0.717, 1.165) is 24.3 Å². The minimum atomic E-state index is -0.820. The Hall–Kier alpha value is -0.710. The van der Waals surface area contributed by atoms with Crippen LogP contribution >= 0.6 is 12.6 Å². The summed E-state index contributed by atoms with van der Waals surface area (Å²) in [6.07, 6.45) is 1.40. The number of anilines is 1. The third-order valence-electron chi connectivity index (χ3n) is 3.47. The number of benzene rings is 1. The molecule has 1 aliphatic rings. The molecule has 100 valence electrons. The van der Waals surface area contributed by atoms with E-state index in [2.05, 4.69) is 23.6 Å². The molecule has 2 atom stereocenters. The number of hydrogen-bond acceptors (Lipinski definition) is 4. The lowest BCUT2D eigenvalue weighted by atomic mass is 10.0. The first-order chi connectivity index (χ1) is 8.72. The fraction of sp³-hybridized carbons (Fsp3) is 0.571. The van der Waals surface area contributed by atoms with Gasteiger partial charge in [0.05, 0.1) is 6.10 Å². The predicted octanol–water partition coefficient (Wildman–Crippen LogP) is 2.00. The summed E-state index contributed by atoms with van der Waals surface area (Å²) in [5.74, 6) is 0.573. The zero-order valence-corrected chi connectivity index (χ0v) is 11.4. The Morgan fingerprint density at radius 3 is 2.61 bits per heavy atom. The van der Waals surface area contributed by atoms with Crippen molar-refractivity contribution in [2.24, 2.45) is 0 Å². The van der Waals surface area contributed by atoms with Crippen LogP contribution in [-0.2, 0) is 0 Å². The van der Waals surface area contributed by atoms with Crippen molar-refractivity contribution in [3.05, 3.63) is 29.8 Å². The highest BCUT2D eigenvalue weighted by molar-refractivity contribution is 7.80. The SMILES string of the molecule is OC(CCS)C(O)c1cccc(N2CCCC2)c1. The Morgan fingerprint density at radius 1 is 1.22 bits per heavy atom. The highest BCUT2D eigenvalue weighted by atomic mass is 32.1. The summed E-state index contributed by atoms with van der Waals surface area (Å²) in [7, 11) is 0. The topological polar surface area (TPSA) is 43.7 Å². The zero-order valence-electron chi connectivity index (χ0n) is 10.5. The molecular weight excluding hydrogens is 246 g/mol. The Labute approximate surface area is 114 Å². The van der Waals surface area contributed by atoms with Crippen LogP contribution < -0.4 is 4.90 Å². The van der Waals surface area contributed by atoms with Gasteiger partial charge in [0, 0.05) is 18.8 Å². The van der Waals surface area contributed by atoms with Gasteiger partial charge in [-0.25, -0.2) is 0 Å². The van der Waals surface area contributed by atoms with Crippen molar-refractivity contribution in [2.75, 3.05) is 23.7 Å². The molecule has 1 heterocycles. The summed E-state index contributed by atoms with van der Waals surface area (Å²) in [5, 5.41) is 19.9. The largest absolute Gasteiger partial charge is 0.390 e. The van der Waals surface area contributed by atoms with Gasteiger partial charge in [-0.15, -0.1) is 0 Å².